The number of carbonyl (C=O) groups is 1. The van der Waals surface area contributed by atoms with E-state index in [1.807, 2.05) is 0 Å². The number of benzene rings is 1. The maximum Gasteiger partial charge on any atom is 0.306 e. The number of nitrogens with one attached hydrogen (secondary N) is 1. The van der Waals surface area contributed by atoms with Gasteiger partial charge in [-0.05, 0) is 25.0 Å². The highest BCUT2D eigenvalue weighted by Gasteiger charge is 2.20. The van der Waals surface area contributed by atoms with Gasteiger partial charge in [0.1, 0.15) is 0 Å². The Hall–Kier alpha value is -2.00. The minimum Gasteiger partial charge on any atom is -0.481 e. The van der Waals surface area contributed by atoms with E-state index in [0.29, 0.717) is 0 Å². The topological polar surface area (TPSA) is 127 Å². The van der Waals surface area contributed by atoms with Gasteiger partial charge in [0.2, 0.25) is 10.0 Å². The summed E-state index contributed by atoms with van der Waals surface area (Å²) in [6.07, 6.45) is 0.153. The van der Waals surface area contributed by atoms with Gasteiger partial charge in [0, 0.05) is 18.7 Å². The fourth-order valence-corrected chi connectivity index (χ4v) is 2.93. The fraction of sp³-hybridized carbons (Fsp3) is 0.417. The van der Waals surface area contributed by atoms with Crippen LogP contribution >= 0.6 is 0 Å². The van der Waals surface area contributed by atoms with Crippen molar-refractivity contribution in [2.75, 3.05) is 6.54 Å². The van der Waals surface area contributed by atoms with Gasteiger partial charge in [-0.25, -0.2) is 13.1 Å². The van der Waals surface area contributed by atoms with E-state index in [0.717, 1.165) is 12.1 Å². The number of rotatable bonds is 7. The summed E-state index contributed by atoms with van der Waals surface area (Å²) in [6.45, 7) is 2.92. The highest BCUT2D eigenvalue weighted by Crippen LogP contribution is 2.20. The van der Waals surface area contributed by atoms with E-state index in [2.05, 4.69) is 4.72 Å². The van der Waals surface area contributed by atoms with Gasteiger partial charge in [-0.1, -0.05) is 6.92 Å². The molecular formula is C12H16N2O6S. The number of non-ortho nitro benzene ring substituents is 1. The summed E-state index contributed by atoms with van der Waals surface area (Å²) in [5, 5.41) is 19.3. The summed E-state index contributed by atoms with van der Waals surface area (Å²) in [5.74, 6) is -1.66. The van der Waals surface area contributed by atoms with E-state index < -0.39 is 26.8 Å². The zero-order valence-corrected chi connectivity index (χ0v) is 12.4. The predicted octanol–water partition coefficient (Wildman–Crippen LogP) is 1.29. The first-order valence-corrected chi connectivity index (χ1v) is 7.61. The Bertz CT molecular complexity index is 656. The second-order valence-electron chi connectivity index (χ2n) is 4.63. The van der Waals surface area contributed by atoms with Gasteiger partial charge in [-0.3, -0.25) is 14.9 Å². The van der Waals surface area contributed by atoms with Crippen LogP contribution in [0.1, 0.15) is 18.9 Å². The van der Waals surface area contributed by atoms with Crippen LogP contribution in [0.5, 0.6) is 0 Å². The van der Waals surface area contributed by atoms with Crippen LogP contribution < -0.4 is 4.72 Å². The van der Waals surface area contributed by atoms with Crippen LogP contribution in [-0.2, 0) is 14.8 Å². The number of hydrogen-bond donors (Lipinski definition) is 2. The van der Waals surface area contributed by atoms with E-state index >= 15 is 0 Å². The Morgan fingerprint density at radius 2 is 2.10 bits per heavy atom. The first-order valence-electron chi connectivity index (χ1n) is 6.12. The molecule has 116 valence electrons. The molecule has 0 saturated heterocycles. The van der Waals surface area contributed by atoms with Gasteiger partial charge in [-0.15, -0.1) is 0 Å². The van der Waals surface area contributed by atoms with Gasteiger partial charge >= 0.3 is 5.97 Å². The van der Waals surface area contributed by atoms with E-state index in [-0.39, 0.29) is 29.1 Å². The van der Waals surface area contributed by atoms with Gasteiger partial charge < -0.3 is 5.11 Å². The quantitative estimate of drug-likeness (QED) is 0.576. The summed E-state index contributed by atoms with van der Waals surface area (Å²) >= 11 is 0. The smallest absolute Gasteiger partial charge is 0.306 e. The lowest BCUT2D eigenvalue weighted by Crippen LogP contribution is -2.27. The van der Waals surface area contributed by atoms with Crippen LogP contribution in [0.3, 0.4) is 0 Å². The van der Waals surface area contributed by atoms with Crippen molar-refractivity contribution in [3.63, 3.8) is 0 Å². The molecule has 2 N–H and O–H groups in total. The standard InChI is InChI=1S/C12H16N2O6S/c1-8(12(15)16)5-6-13-21(19,20)11-4-3-10(14(17)18)7-9(11)2/h3-4,7-8,13H,5-6H2,1-2H3,(H,15,16). The molecule has 0 aliphatic rings. The Morgan fingerprint density at radius 1 is 1.48 bits per heavy atom. The highest BCUT2D eigenvalue weighted by molar-refractivity contribution is 7.89. The number of nitro benzene ring substituents is 1. The van der Waals surface area contributed by atoms with E-state index in [9.17, 15) is 23.3 Å². The summed E-state index contributed by atoms with van der Waals surface area (Å²) in [6, 6.07) is 3.45. The molecule has 0 fully saturated rings. The third-order valence-electron chi connectivity index (χ3n) is 2.95. The maximum absolute atomic E-state index is 12.1. The Labute approximate surface area is 122 Å². The molecule has 0 aromatic heterocycles. The number of carboxylic acid groups (broad SMARTS) is 1. The third-order valence-corrected chi connectivity index (χ3v) is 4.57. The minimum atomic E-state index is -3.82. The van der Waals surface area contributed by atoms with Crippen LogP contribution in [0.4, 0.5) is 5.69 Å². The van der Waals surface area contributed by atoms with E-state index in [1.165, 1.54) is 19.9 Å². The lowest BCUT2D eigenvalue weighted by Gasteiger charge is -2.10. The second kappa shape index (κ2) is 6.64. The third kappa shape index (κ3) is 4.50. The molecule has 8 nitrogen and oxygen atoms in total. The average Bonchev–Trinajstić information content (AvgIpc) is 2.37. The lowest BCUT2D eigenvalue weighted by atomic mass is 10.1. The van der Waals surface area contributed by atoms with Crippen LogP contribution in [0.15, 0.2) is 23.1 Å². The summed E-state index contributed by atoms with van der Waals surface area (Å²) < 4.78 is 26.4. The van der Waals surface area contributed by atoms with Crippen LogP contribution in [0.25, 0.3) is 0 Å². The Balaban J connectivity index is 2.84. The first-order chi connectivity index (χ1) is 9.65. The summed E-state index contributed by atoms with van der Waals surface area (Å²) in [5.41, 5.74) is 0.0638. The zero-order valence-electron chi connectivity index (χ0n) is 11.6. The van der Waals surface area contributed by atoms with Crippen LogP contribution in [0, 0.1) is 23.0 Å². The Morgan fingerprint density at radius 3 is 2.57 bits per heavy atom. The molecule has 0 aliphatic heterocycles. The number of aliphatic carboxylic acids is 1. The molecule has 0 bridgehead atoms. The van der Waals surface area contributed by atoms with Crippen molar-refractivity contribution in [2.45, 2.75) is 25.2 Å². The average molecular weight is 316 g/mol. The molecule has 1 atom stereocenters. The van der Waals surface area contributed by atoms with Crippen molar-refractivity contribution in [1.29, 1.82) is 0 Å². The van der Waals surface area contributed by atoms with Crippen molar-refractivity contribution in [1.82, 2.24) is 4.72 Å². The van der Waals surface area contributed by atoms with Crippen molar-refractivity contribution >= 4 is 21.7 Å². The molecule has 1 rings (SSSR count). The molecule has 0 radical (unpaired) electrons. The molecule has 0 heterocycles. The molecule has 0 saturated carbocycles. The van der Waals surface area contributed by atoms with Crippen molar-refractivity contribution < 1.29 is 23.2 Å². The van der Waals surface area contributed by atoms with Gasteiger partial charge in [0.05, 0.1) is 15.7 Å². The zero-order chi connectivity index (χ0) is 16.2. The number of hydrogen-bond acceptors (Lipinski definition) is 5. The molecule has 1 unspecified atom stereocenters. The highest BCUT2D eigenvalue weighted by atomic mass is 32.2. The molecule has 0 aliphatic carbocycles. The number of carboxylic acids is 1. The number of aryl methyl sites for hydroxylation is 1. The normalized spacial score (nSPS) is 12.9. The predicted molar refractivity (Wildman–Crippen MR) is 74.4 cm³/mol. The maximum atomic E-state index is 12.1. The minimum absolute atomic E-state index is 0.0216. The molecule has 1 aromatic carbocycles. The first kappa shape index (κ1) is 17.1. The van der Waals surface area contributed by atoms with Crippen molar-refractivity contribution in [3.8, 4) is 0 Å². The molecule has 1 aromatic rings. The van der Waals surface area contributed by atoms with Gasteiger partial charge in [0.25, 0.3) is 5.69 Å². The number of nitro groups is 1. The monoisotopic (exact) mass is 316 g/mol. The van der Waals surface area contributed by atoms with Crippen LogP contribution in [-0.4, -0.2) is 31.0 Å². The van der Waals surface area contributed by atoms with E-state index in [4.69, 9.17) is 5.11 Å². The fourth-order valence-electron chi connectivity index (χ4n) is 1.66. The molecule has 9 heteroatoms. The van der Waals surface area contributed by atoms with Crippen LogP contribution in [0.2, 0.25) is 0 Å². The number of nitrogens with zero attached hydrogens (tertiary/aromatic N) is 1. The van der Waals surface area contributed by atoms with Crippen molar-refractivity contribution in [2.24, 2.45) is 5.92 Å². The lowest BCUT2D eigenvalue weighted by molar-refractivity contribution is -0.385. The molecule has 21 heavy (non-hydrogen) atoms. The second-order valence-corrected chi connectivity index (χ2v) is 6.37. The molecule has 0 amide bonds. The van der Waals surface area contributed by atoms with Gasteiger partial charge in [-0.2, -0.15) is 0 Å². The van der Waals surface area contributed by atoms with Crippen molar-refractivity contribution in [3.05, 3.63) is 33.9 Å². The number of sulfonamides is 1. The molecule has 0 spiro atoms. The van der Waals surface area contributed by atoms with E-state index in [1.54, 1.807) is 0 Å². The largest absolute Gasteiger partial charge is 0.481 e. The molecular weight excluding hydrogens is 300 g/mol. The summed E-state index contributed by atoms with van der Waals surface area (Å²) in [4.78, 5) is 20.6. The Kier molecular flexibility index (Phi) is 5.39. The SMILES string of the molecule is Cc1cc([N+](=O)[O-])ccc1S(=O)(=O)NCCC(C)C(=O)O. The van der Waals surface area contributed by atoms with Gasteiger partial charge in [0.15, 0.2) is 0 Å². The summed E-state index contributed by atoms with van der Waals surface area (Å²) in [7, 11) is -3.82.